The zero-order valence-electron chi connectivity index (χ0n) is 17.0. The third-order valence-corrected chi connectivity index (χ3v) is 5.24. The summed E-state index contributed by atoms with van der Waals surface area (Å²) in [6.45, 7) is 1.72. The van der Waals surface area contributed by atoms with Crippen LogP contribution in [-0.2, 0) is 16.1 Å². The molecule has 0 bridgehead atoms. The van der Waals surface area contributed by atoms with Gasteiger partial charge in [0.1, 0.15) is 11.6 Å². The van der Waals surface area contributed by atoms with Crippen LogP contribution in [0.1, 0.15) is 48.4 Å². The number of benzene rings is 1. The molecule has 0 aliphatic heterocycles. The molecule has 0 saturated carbocycles. The molecule has 0 aliphatic carbocycles. The molecule has 1 heterocycles. The van der Waals surface area contributed by atoms with Crippen molar-refractivity contribution in [2.45, 2.75) is 26.6 Å². The highest BCUT2D eigenvalue weighted by Gasteiger charge is 2.28. The van der Waals surface area contributed by atoms with Crippen molar-refractivity contribution in [2.75, 3.05) is 25.6 Å². The summed E-state index contributed by atoms with van der Waals surface area (Å²) < 4.78 is 46.0. The lowest BCUT2D eigenvalue weighted by atomic mass is 10.1. The van der Waals surface area contributed by atoms with Crippen LogP contribution in [0, 0.1) is 6.92 Å². The Balaban J connectivity index is 2.19. The first kappa shape index (κ1) is 24.4. The first-order chi connectivity index (χ1) is 14.6. The standard InChI is InChI=1S/C20H21F3N2O5S/c1-4-30-19(28)14-11(2)15(17(27)24-3)31-18(14)25-16(26)13-7-5-12(6-8-13)9-29-10-20(21,22)23/h5-8H,4,9-10H2,1-3H3,(H,24,27)(H,25,26). The van der Waals surface area contributed by atoms with E-state index in [-0.39, 0.29) is 34.2 Å². The summed E-state index contributed by atoms with van der Waals surface area (Å²) in [5, 5.41) is 5.25. The number of hydrogen-bond acceptors (Lipinski definition) is 6. The maximum Gasteiger partial charge on any atom is 0.411 e. The average Bonchev–Trinajstić information content (AvgIpc) is 3.03. The van der Waals surface area contributed by atoms with E-state index >= 15 is 0 Å². The molecule has 0 unspecified atom stereocenters. The molecule has 1 aromatic heterocycles. The van der Waals surface area contributed by atoms with E-state index in [2.05, 4.69) is 15.4 Å². The van der Waals surface area contributed by atoms with E-state index in [1.54, 1.807) is 13.8 Å². The highest BCUT2D eigenvalue weighted by molar-refractivity contribution is 7.18. The predicted molar refractivity (Wildman–Crippen MR) is 109 cm³/mol. The van der Waals surface area contributed by atoms with Crippen LogP contribution in [0.25, 0.3) is 0 Å². The predicted octanol–water partition coefficient (Wildman–Crippen LogP) is 3.92. The second-order valence-corrected chi connectivity index (χ2v) is 7.34. The molecule has 0 aliphatic rings. The largest absolute Gasteiger partial charge is 0.462 e. The van der Waals surface area contributed by atoms with Crippen LogP contribution < -0.4 is 10.6 Å². The molecule has 2 aromatic rings. The van der Waals surface area contributed by atoms with E-state index in [1.165, 1.54) is 31.3 Å². The van der Waals surface area contributed by atoms with Crippen molar-refractivity contribution in [3.63, 3.8) is 0 Å². The molecule has 0 saturated heterocycles. The minimum atomic E-state index is -4.41. The number of nitrogens with one attached hydrogen (secondary N) is 2. The number of halogens is 3. The van der Waals surface area contributed by atoms with Gasteiger partial charge in [0.25, 0.3) is 11.8 Å². The van der Waals surface area contributed by atoms with Crippen molar-refractivity contribution in [1.82, 2.24) is 5.32 Å². The van der Waals surface area contributed by atoms with Gasteiger partial charge in [0.2, 0.25) is 0 Å². The zero-order chi connectivity index (χ0) is 23.2. The summed E-state index contributed by atoms with van der Waals surface area (Å²) in [4.78, 5) is 37.3. The number of amides is 2. The van der Waals surface area contributed by atoms with Crippen LogP contribution in [0.4, 0.5) is 18.2 Å². The summed E-state index contributed by atoms with van der Waals surface area (Å²) in [6.07, 6.45) is -4.41. The Morgan fingerprint density at radius 3 is 2.29 bits per heavy atom. The van der Waals surface area contributed by atoms with Crippen molar-refractivity contribution < 1.29 is 37.0 Å². The molecule has 31 heavy (non-hydrogen) atoms. The van der Waals surface area contributed by atoms with E-state index in [0.29, 0.717) is 11.1 Å². The van der Waals surface area contributed by atoms with Crippen molar-refractivity contribution in [1.29, 1.82) is 0 Å². The molecule has 2 N–H and O–H groups in total. The van der Waals surface area contributed by atoms with Crippen LogP contribution in [0.2, 0.25) is 0 Å². The number of thiophene rings is 1. The number of ether oxygens (including phenoxy) is 2. The van der Waals surface area contributed by atoms with Gasteiger partial charge in [-0.05, 0) is 37.1 Å². The molecule has 0 fully saturated rings. The van der Waals surface area contributed by atoms with Gasteiger partial charge in [-0.3, -0.25) is 9.59 Å². The summed E-state index contributed by atoms with van der Waals surface area (Å²) >= 11 is 0.941. The Morgan fingerprint density at radius 1 is 1.10 bits per heavy atom. The Bertz CT molecular complexity index is 955. The number of esters is 1. The Kier molecular flexibility index (Phi) is 8.17. The Hall–Kier alpha value is -2.92. The monoisotopic (exact) mass is 458 g/mol. The highest BCUT2D eigenvalue weighted by Crippen LogP contribution is 2.34. The fourth-order valence-electron chi connectivity index (χ4n) is 2.59. The Labute approximate surface area is 180 Å². The minimum absolute atomic E-state index is 0.0935. The van der Waals surface area contributed by atoms with Crippen molar-refractivity contribution in [2.24, 2.45) is 0 Å². The summed E-state index contributed by atoms with van der Waals surface area (Å²) in [5.41, 5.74) is 1.15. The second kappa shape index (κ2) is 10.4. The summed E-state index contributed by atoms with van der Waals surface area (Å²) in [6, 6.07) is 5.78. The molecule has 0 spiro atoms. The van der Waals surface area contributed by atoms with Gasteiger partial charge < -0.3 is 20.1 Å². The Morgan fingerprint density at radius 2 is 1.74 bits per heavy atom. The normalized spacial score (nSPS) is 11.2. The van der Waals surface area contributed by atoms with Crippen LogP contribution >= 0.6 is 11.3 Å². The number of anilines is 1. The van der Waals surface area contributed by atoms with Crippen molar-refractivity contribution in [3.8, 4) is 0 Å². The van der Waals surface area contributed by atoms with Gasteiger partial charge in [0.05, 0.1) is 23.7 Å². The number of alkyl halides is 3. The maximum absolute atomic E-state index is 12.6. The molecule has 0 atom stereocenters. The molecule has 0 radical (unpaired) electrons. The molecule has 1 aromatic carbocycles. The van der Waals surface area contributed by atoms with Crippen molar-refractivity contribution >= 4 is 34.1 Å². The lowest BCUT2D eigenvalue weighted by molar-refractivity contribution is -0.176. The van der Waals surface area contributed by atoms with Gasteiger partial charge in [-0.2, -0.15) is 13.2 Å². The van der Waals surface area contributed by atoms with E-state index in [0.717, 1.165) is 11.3 Å². The first-order valence-electron chi connectivity index (χ1n) is 9.14. The van der Waals surface area contributed by atoms with Crippen LogP contribution in [-0.4, -0.2) is 44.2 Å². The van der Waals surface area contributed by atoms with Crippen LogP contribution in [0.5, 0.6) is 0 Å². The quantitative estimate of drug-likeness (QED) is 0.585. The lowest BCUT2D eigenvalue weighted by Gasteiger charge is -2.09. The minimum Gasteiger partial charge on any atom is -0.462 e. The summed E-state index contributed by atoms with van der Waals surface area (Å²) in [7, 11) is 1.45. The molecular formula is C20H21F3N2O5S. The zero-order valence-corrected chi connectivity index (χ0v) is 17.8. The number of hydrogen-bond donors (Lipinski definition) is 2. The molecule has 168 valence electrons. The van der Waals surface area contributed by atoms with E-state index in [4.69, 9.17) is 4.74 Å². The lowest BCUT2D eigenvalue weighted by Crippen LogP contribution is -2.18. The van der Waals surface area contributed by atoms with Gasteiger partial charge in [0.15, 0.2) is 0 Å². The van der Waals surface area contributed by atoms with Gasteiger partial charge >= 0.3 is 12.1 Å². The van der Waals surface area contributed by atoms with E-state index in [9.17, 15) is 27.6 Å². The topological polar surface area (TPSA) is 93.7 Å². The SMILES string of the molecule is CCOC(=O)c1c(NC(=O)c2ccc(COCC(F)(F)F)cc2)sc(C(=O)NC)c1C. The van der Waals surface area contributed by atoms with Crippen LogP contribution in [0.3, 0.4) is 0 Å². The van der Waals surface area contributed by atoms with Gasteiger partial charge in [-0.1, -0.05) is 12.1 Å². The maximum atomic E-state index is 12.6. The van der Waals surface area contributed by atoms with Crippen molar-refractivity contribution in [3.05, 3.63) is 51.4 Å². The number of carbonyl (C=O) groups excluding carboxylic acids is 3. The molecule has 7 nitrogen and oxygen atoms in total. The molecule has 11 heteroatoms. The van der Waals surface area contributed by atoms with E-state index in [1.807, 2.05) is 0 Å². The van der Waals surface area contributed by atoms with Gasteiger partial charge in [0, 0.05) is 12.6 Å². The van der Waals surface area contributed by atoms with Gasteiger partial charge in [-0.15, -0.1) is 11.3 Å². The highest BCUT2D eigenvalue weighted by atomic mass is 32.1. The smallest absolute Gasteiger partial charge is 0.411 e. The van der Waals surface area contributed by atoms with Gasteiger partial charge in [-0.25, -0.2) is 4.79 Å². The van der Waals surface area contributed by atoms with E-state index < -0.39 is 30.6 Å². The molecule has 2 amide bonds. The third-order valence-electron chi connectivity index (χ3n) is 4.04. The number of carbonyl (C=O) groups is 3. The molecular weight excluding hydrogens is 437 g/mol. The third kappa shape index (κ3) is 6.53. The fourth-order valence-corrected chi connectivity index (χ4v) is 3.73. The first-order valence-corrected chi connectivity index (χ1v) is 9.96. The average molecular weight is 458 g/mol. The summed E-state index contributed by atoms with van der Waals surface area (Å²) in [5.74, 6) is -1.63. The molecule has 2 rings (SSSR count). The number of rotatable bonds is 8. The second-order valence-electron chi connectivity index (χ2n) is 6.32. The fraction of sp³-hybridized carbons (Fsp3) is 0.350. The van der Waals surface area contributed by atoms with Crippen LogP contribution in [0.15, 0.2) is 24.3 Å².